The predicted octanol–water partition coefficient (Wildman–Crippen LogP) is 4.06. The van der Waals surface area contributed by atoms with E-state index in [2.05, 4.69) is 5.32 Å². The molecule has 0 spiro atoms. The van der Waals surface area contributed by atoms with Crippen molar-refractivity contribution in [2.24, 2.45) is 0 Å². The molecule has 2 amide bonds. The second-order valence-corrected chi connectivity index (χ2v) is 7.25. The maximum atomic E-state index is 13.0. The molecule has 0 fully saturated rings. The standard InChI is InChI=1S/C23H29ClN2O4/c1-4-21(23(28)25-2)26(16-17-7-9-18(24)10-8-17)22(27)6-5-15-30-20-13-11-19(29-3)12-14-20/h7-14,21H,4-6,15-16H2,1-3H3,(H,25,28)/t21-/m1/s1. The first-order chi connectivity index (χ1) is 14.5. The summed E-state index contributed by atoms with van der Waals surface area (Å²) in [4.78, 5) is 27.0. The summed E-state index contributed by atoms with van der Waals surface area (Å²) in [7, 11) is 3.19. The van der Waals surface area contributed by atoms with Gasteiger partial charge in [-0.25, -0.2) is 0 Å². The number of hydrogen-bond donors (Lipinski definition) is 1. The predicted molar refractivity (Wildman–Crippen MR) is 118 cm³/mol. The Labute approximate surface area is 183 Å². The highest BCUT2D eigenvalue weighted by Crippen LogP contribution is 2.19. The van der Waals surface area contributed by atoms with Crippen molar-refractivity contribution in [2.75, 3.05) is 20.8 Å². The Balaban J connectivity index is 1.98. The molecule has 0 aromatic heterocycles. The topological polar surface area (TPSA) is 67.9 Å². The number of ether oxygens (including phenoxy) is 2. The molecule has 7 heteroatoms. The van der Waals surface area contributed by atoms with E-state index in [0.29, 0.717) is 31.0 Å². The lowest BCUT2D eigenvalue weighted by Crippen LogP contribution is -2.48. The molecule has 0 aliphatic carbocycles. The number of nitrogens with zero attached hydrogens (tertiary/aromatic N) is 1. The molecular formula is C23H29ClN2O4. The Morgan fingerprint density at radius 1 is 1.07 bits per heavy atom. The Hall–Kier alpha value is -2.73. The van der Waals surface area contributed by atoms with Crippen LogP contribution in [0.1, 0.15) is 31.7 Å². The number of methoxy groups -OCH3 is 1. The van der Waals surface area contributed by atoms with E-state index in [-0.39, 0.29) is 18.2 Å². The summed E-state index contributed by atoms with van der Waals surface area (Å²) < 4.78 is 10.8. The Morgan fingerprint density at radius 3 is 2.27 bits per heavy atom. The number of carbonyl (C=O) groups excluding carboxylic acids is 2. The van der Waals surface area contributed by atoms with Gasteiger partial charge in [-0.05, 0) is 54.8 Å². The second kappa shape index (κ2) is 12.1. The van der Waals surface area contributed by atoms with E-state index in [9.17, 15) is 9.59 Å². The summed E-state index contributed by atoms with van der Waals surface area (Å²) in [5.74, 6) is 1.22. The SMILES string of the molecule is CC[C@H](C(=O)NC)N(Cc1ccc(Cl)cc1)C(=O)CCCOc1ccc(OC)cc1. The highest BCUT2D eigenvalue weighted by atomic mass is 35.5. The van der Waals surface area contributed by atoms with Gasteiger partial charge in [0, 0.05) is 25.0 Å². The zero-order valence-electron chi connectivity index (χ0n) is 17.7. The van der Waals surface area contributed by atoms with Crippen molar-refractivity contribution in [1.29, 1.82) is 0 Å². The summed E-state index contributed by atoms with van der Waals surface area (Å²) >= 11 is 5.96. The first kappa shape index (κ1) is 23.5. The minimum absolute atomic E-state index is 0.0845. The number of nitrogens with one attached hydrogen (secondary N) is 1. The van der Waals surface area contributed by atoms with Crippen molar-refractivity contribution in [3.63, 3.8) is 0 Å². The molecule has 0 saturated heterocycles. The van der Waals surface area contributed by atoms with Crippen LogP contribution in [-0.2, 0) is 16.1 Å². The van der Waals surface area contributed by atoms with Gasteiger partial charge in [0.1, 0.15) is 17.5 Å². The Morgan fingerprint density at radius 2 is 1.70 bits per heavy atom. The summed E-state index contributed by atoms with van der Waals surface area (Å²) in [6.45, 7) is 2.65. The molecule has 162 valence electrons. The number of rotatable bonds is 11. The summed E-state index contributed by atoms with van der Waals surface area (Å²) in [5.41, 5.74) is 0.921. The maximum Gasteiger partial charge on any atom is 0.242 e. The van der Waals surface area contributed by atoms with Gasteiger partial charge in [-0.1, -0.05) is 30.7 Å². The zero-order valence-corrected chi connectivity index (χ0v) is 18.4. The van der Waals surface area contributed by atoms with Crippen molar-refractivity contribution in [1.82, 2.24) is 10.2 Å². The highest BCUT2D eigenvalue weighted by Gasteiger charge is 2.27. The molecule has 0 bridgehead atoms. The van der Waals surface area contributed by atoms with Crippen molar-refractivity contribution >= 4 is 23.4 Å². The molecule has 1 atom stereocenters. The fourth-order valence-corrected chi connectivity index (χ4v) is 3.23. The van der Waals surface area contributed by atoms with E-state index in [1.807, 2.05) is 43.3 Å². The summed E-state index contributed by atoms with van der Waals surface area (Å²) in [5, 5.41) is 3.29. The van der Waals surface area contributed by atoms with Gasteiger partial charge >= 0.3 is 0 Å². The lowest BCUT2D eigenvalue weighted by atomic mass is 10.1. The van der Waals surface area contributed by atoms with Gasteiger partial charge in [-0.15, -0.1) is 0 Å². The van der Waals surface area contributed by atoms with Crippen molar-refractivity contribution < 1.29 is 19.1 Å². The molecule has 1 N–H and O–H groups in total. The van der Waals surface area contributed by atoms with Crippen LogP contribution in [0.15, 0.2) is 48.5 Å². The van der Waals surface area contributed by atoms with E-state index < -0.39 is 6.04 Å². The molecule has 0 aliphatic heterocycles. The third kappa shape index (κ3) is 6.95. The van der Waals surface area contributed by atoms with E-state index in [1.54, 1.807) is 31.2 Å². The summed E-state index contributed by atoms with van der Waals surface area (Å²) in [6, 6.07) is 14.1. The minimum atomic E-state index is -0.527. The van der Waals surface area contributed by atoms with Crippen LogP contribution in [0.25, 0.3) is 0 Å². The largest absolute Gasteiger partial charge is 0.497 e. The third-order valence-electron chi connectivity index (χ3n) is 4.76. The Bertz CT molecular complexity index is 809. The lowest BCUT2D eigenvalue weighted by Gasteiger charge is -2.30. The van der Waals surface area contributed by atoms with E-state index in [0.717, 1.165) is 17.1 Å². The molecule has 2 aromatic carbocycles. The van der Waals surface area contributed by atoms with Gasteiger partial charge in [-0.3, -0.25) is 9.59 Å². The van der Waals surface area contributed by atoms with Gasteiger partial charge in [0.25, 0.3) is 0 Å². The number of hydrogen-bond acceptors (Lipinski definition) is 4. The average Bonchev–Trinajstić information content (AvgIpc) is 2.77. The van der Waals surface area contributed by atoms with Crippen LogP contribution in [0.4, 0.5) is 0 Å². The van der Waals surface area contributed by atoms with Crippen LogP contribution in [0.3, 0.4) is 0 Å². The molecular weight excluding hydrogens is 404 g/mol. The fourth-order valence-electron chi connectivity index (χ4n) is 3.10. The van der Waals surface area contributed by atoms with Crippen LogP contribution in [0.2, 0.25) is 5.02 Å². The number of amides is 2. The third-order valence-corrected chi connectivity index (χ3v) is 5.01. The number of likely N-dealkylation sites (N-methyl/N-ethyl adjacent to an activating group) is 1. The maximum absolute atomic E-state index is 13.0. The lowest BCUT2D eigenvalue weighted by molar-refractivity contribution is -0.141. The molecule has 6 nitrogen and oxygen atoms in total. The van der Waals surface area contributed by atoms with Gasteiger partial charge in [0.15, 0.2) is 0 Å². The Kier molecular flexibility index (Phi) is 9.48. The smallest absolute Gasteiger partial charge is 0.242 e. The molecule has 0 heterocycles. The van der Waals surface area contributed by atoms with Crippen molar-refractivity contribution in [3.05, 3.63) is 59.1 Å². The second-order valence-electron chi connectivity index (χ2n) is 6.81. The molecule has 0 aliphatic rings. The number of benzene rings is 2. The van der Waals surface area contributed by atoms with Gasteiger partial charge in [0.2, 0.25) is 11.8 Å². The van der Waals surface area contributed by atoms with Gasteiger partial charge in [-0.2, -0.15) is 0 Å². The number of halogens is 1. The van der Waals surface area contributed by atoms with Crippen LogP contribution in [0, 0.1) is 0 Å². The molecule has 30 heavy (non-hydrogen) atoms. The van der Waals surface area contributed by atoms with Crippen LogP contribution in [0.5, 0.6) is 11.5 Å². The van der Waals surface area contributed by atoms with Crippen LogP contribution in [-0.4, -0.2) is 43.5 Å². The van der Waals surface area contributed by atoms with Crippen molar-refractivity contribution in [3.8, 4) is 11.5 Å². The molecule has 0 radical (unpaired) electrons. The average molecular weight is 433 g/mol. The quantitative estimate of drug-likeness (QED) is 0.544. The molecule has 2 aromatic rings. The summed E-state index contributed by atoms with van der Waals surface area (Å²) in [6.07, 6.45) is 1.37. The van der Waals surface area contributed by atoms with Gasteiger partial charge < -0.3 is 19.7 Å². The minimum Gasteiger partial charge on any atom is -0.497 e. The van der Waals surface area contributed by atoms with Crippen LogP contribution < -0.4 is 14.8 Å². The first-order valence-electron chi connectivity index (χ1n) is 10.0. The van der Waals surface area contributed by atoms with Gasteiger partial charge in [0.05, 0.1) is 13.7 Å². The monoisotopic (exact) mass is 432 g/mol. The highest BCUT2D eigenvalue weighted by molar-refractivity contribution is 6.30. The molecule has 2 rings (SSSR count). The van der Waals surface area contributed by atoms with E-state index in [1.165, 1.54) is 0 Å². The first-order valence-corrected chi connectivity index (χ1v) is 10.4. The van der Waals surface area contributed by atoms with E-state index >= 15 is 0 Å². The zero-order chi connectivity index (χ0) is 21.9. The molecule has 0 unspecified atom stereocenters. The van der Waals surface area contributed by atoms with Crippen LogP contribution >= 0.6 is 11.6 Å². The number of carbonyl (C=O) groups is 2. The fraction of sp³-hybridized carbons (Fsp3) is 0.391. The van der Waals surface area contributed by atoms with E-state index in [4.69, 9.17) is 21.1 Å². The molecule has 0 saturated carbocycles. The normalized spacial score (nSPS) is 11.5. The van der Waals surface area contributed by atoms with Crippen molar-refractivity contribution in [2.45, 2.75) is 38.8 Å².